The molecule has 4 rings (SSSR count). The minimum Gasteiger partial charge on any atom is -0.378 e. The fraction of sp³-hybridized carbons (Fsp3) is 0.500. The molecular formula is C22H30N6O2. The average molecular weight is 411 g/mol. The molecule has 30 heavy (non-hydrogen) atoms. The van der Waals surface area contributed by atoms with Crippen LogP contribution in [-0.4, -0.2) is 73.4 Å². The Kier molecular flexibility index (Phi) is 6.32. The predicted molar refractivity (Wildman–Crippen MR) is 118 cm³/mol. The van der Waals surface area contributed by atoms with Gasteiger partial charge < -0.3 is 24.8 Å². The van der Waals surface area contributed by atoms with Crippen molar-refractivity contribution in [1.82, 2.24) is 14.9 Å². The number of piperazine rings is 1. The highest BCUT2D eigenvalue weighted by molar-refractivity contribution is 5.89. The molecule has 3 heterocycles. The molecule has 160 valence electrons. The van der Waals surface area contributed by atoms with E-state index in [1.54, 1.807) is 0 Å². The highest BCUT2D eigenvalue weighted by atomic mass is 16.5. The zero-order valence-electron chi connectivity index (χ0n) is 17.8. The number of benzene rings is 1. The number of rotatable bonds is 4. The quantitative estimate of drug-likeness (QED) is 0.835. The number of carbonyl (C=O) groups is 1. The number of morpholine rings is 1. The van der Waals surface area contributed by atoms with Crippen LogP contribution in [0.25, 0.3) is 0 Å². The van der Waals surface area contributed by atoms with Gasteiger partial charge in [-0.1, -0.05) is 19.1 Å². The molecule has 8 nitrogen and oxygen atoms in total. The molecule has 8 heteroatoms. The van der Waals surface area contributed by atoms with E-state index in [2.05, 4.69) is 33.1 Å². The summed E-state index contributed by atoms with van der Waals surface area (Å²) in [5.41, 5.74) is 3.02. The molecule has 0 saturated carbocycles. The third kappa shape index (κ3) is 4.81. The first-order chi connectivity index (χ1) is 14.6. The molecular weight excluding hydrogens is 380 g/mol. The van der Waals surface area contributed by atoms with Gasteiger partial charge in [-0.05, 0) is 31.0 Å². The van der Waals surface area contributed by atoms with Gasteiger partial charge in [0.05, 0.1) is 13.2 Å². The number of ether oxygens (including phenoxy) is 1. The molecule has 2 amide bonds. The fourth-order valence-corrected chi connectivity index (χ4v) is 3.81. The molecule has 0 atom stereocenters. The Bertz CT molecular complexity index is 876. The summed E-state index contributed by atoms with van der Waals surface area (Å²) in [6.07, 6.45) is 0.952. The Morgan fingerprint density at radius 3 is 2.53 bits per heavy atom. The summed E-state index contributed by atoms with van der Waals surface area (Å²) in [5.74, 6) is 1.70. The first kappa shape index (κ1) is 20.4. The van der Waals surface area contributed by atoms with E-state index in [0.29, 0.717) is 26.3 Å². The van der Waals surface area contributed by atoms with E-state index in [4.69, 9.17) is 9.72 Å². The van der Waals surface area contributed by atoms with Crippen LogP contribution in [0, 0.1) is 6.92 Å². The highest BCUT2D eigenvalue weighted by Crippen LogP contribution is 2.20. The largest absolute Gasteiger partial charge is 0.378 e. The number of hydrogen-bond donors (Lipinski definition) is 1. The van der Waals surface area contributed by atoms with Crippen LogP contribution in [0.15, 0.2) is 30.3 Å². The van der Waals surface area contributed by atoms with Crippen molar-refractivity contribution in [3.8, 4) is 0 Å². The van der Waals surface area contributed by atoms with Crippen LogP contribution in [0.5, 0.6) is 0 Å². The molecule has 0 radical (unpaired) electrons. The Hall–Kier alpha value is -2.87. The second kappa shape index (κ2) is 9.30. The molecule has 1 aromatic heterocycles. The van der Waals surface area contributed by atoms with Gasteiger partial charge >= 0.3 is 6.03 Å². The first-order valence-electron chi connectivity index (χ1n) is 10.7. The molecule has 0 unspecified atom stereocenters. The van der Waals surface area contributed by atoms with Gasteiger partial charge in [0.2, 0.25) is 5.95 Å². The Labute approximate surface area is 177 Å². The number of nitrogens with one attached hydrogen (secondary N) is 1. The third-order valence-electron chi connectivity index (χ3n) is 5.60. The summed E-state index contributed by atoms with van der Waals surface area (Å²) in [6.45, 7) is 9.99. The summed E-state index contributed by atoms with van der Waals surface area (Å²) in [6, 6.07) is 10.0. The standard InChI is InChI=1S/C22H30N6O2/c1-3-18-5-4-6-19(16-18)24-22(29)28-9-7-26(8-10-28)20-15-17(2)23-21(25-20)27-11-13-30-14-12-27/h4-6,15-16H,3,7-14H2,1-2H3,(H,24,29). The normalized spacial score (nSPS) is 17.2. The molecule has 2 aromatic rings. The molecule has 2 aliphatic heterocycles. The van der Waals surface area contributed by atoms with E-state index in [0.717, 1.165) is 55.7 Å². The molecule has 0 spiro atoms. The van der Waals surface area contributed by atoms with Crippen LogP contribution in [-0.2, 0) is 11.2 Å². The predicted octanol–water partition coefficient (Wildman–Crippen LogP) is 2.54. The van der Waals surface area contributed by atoms with Gasteiger partial charge in [-0.25, -0.2) is 9.78 Å². The van der Waals surface area contributed by atoms with Crippen molar-refractivity contribution in [3.63, 3.8) is 0 Å². The van der Waals surface area contributed by atoms with Crippen LogP contribution in [0.1, 0.15) is 18.2 Å². The summed E-state index contributed by atoms with van der Waals surface area (Å²) in [7, 11) is 0. The van der Waals surface area contributed by atoms with Gasteiger partial charge in [0.25, 0.3) is 0 Å². The second-order valence-corrected chi connectivity index (χ2v) is 7.73. The summed E-state index contributed by atoms with van der Waals surface area (Å²) in [4.78, 5) is 28.4. The Morgan fingerprint density at radius 2 is 1.80 bits per heavy atom. The zero-order valence-corrected chi connectivity index (χ0v) is 17.8. The van der Waals surface area contributed by atoms with Crippen LogP contribution < -0.4 is 15.1 Å². The number of aryl methyl sites for hydroxylation is 2. The molecule has 1 N–H and O–H groups in total. The lowest BCUT2D eigenvalue weighted by Crippen LogP contribution is -2.50. The number of nitrogens with zero attached hydrogens (tertiary/aromatic N) is 5. The minimum absolute atomic E-state index is 0.0456. The molecule has 2 fully saturated rings. The van der Waals surface area contributed by atoms with Gasteiger partial charge in [0.15, 0.2) is 0 Å². The molecule has 2 aliphatic rings. The number of anilines is 3. The van der Waals surface area contributed by atoms with Crippen LogP contribution in [0.4, 0.5) is 22.2 Å². The van der Waals surface area contributed by atoms with Crippen molar-refractivity contribution in [2.45, 2.75) is 20.3 Å². The van der Waals surface area contributed by atoms with Gasteiger partial charge in [0, 0.05) is 56.7 Å². The summed E-state index contributed by atoms with van der Waals surface area (Å²) in [5, 5.41) is 3.03. The van der Waals surface area contributed by atoms with Gasteiger partial charge in [-0.3, -0.25) is 0 Å². The third-order valence-corrected chi connectivity index (χ3v) is 5.60. The molecule has 0 bridgehead atoms. The van der Waals surface area contributed by atoms with E-state index < -0.39 is 0 Å². The summed E-state index contributed by atoms with van der Waals surface area (Å²) < 4.78 is 5.44. The number of carbonyl (C=O) groups excluding carboxylic acids is 1. The van der Waals surface area contributed by atoms with Crippen molar-refractivity contribution in [2.75, 3.05) is 67.6 Å². The van der Waals surface area contributed by atoms with E-state index in [-0.39, 0.29) is 6.03 Å². The van der Waals surface area contributed by atoms with Gasteiger partial charge in [-0.2, -0.15) is 4.98 Å². The zero-order chi connectivity index (χ0) is 20.9. The molecule has 0 aliphatic carbocycles. The SMILES string of the molecule is CCc1cccc(NC(=O)N2CCN(c3cc(C)nc(N4CCOCC4)n3)CC2)c1. The van der Waals surface area contributed by atoms with Crippen LogP contribution in [0.2, 0.25) is 0 Å². The number of amides is 2. The average Bonchev–Trinajstić information content (AvgIpc) is 2.79. The van der Waals surface area contributed by atoms with Crippen molar-refractivity contribution >= 4 is 23.5 Å². The number of hydrogen-bond acceptors (Lipinski definition) is 6. The van der Waals surface area contributed by atoms with E-state index in [9.17, 15) is 4.79 Å². The lowest BCUT2D eigenvalue weighted by Gasteiger charge is -2.36. The van der Waals surface area contributed by atoms with Crippen molar-refractivity contribution < 1.29 is 9.53 Å². The maximum absolute atomic E-state index is 12.7. The maximum Gasteiger partial charge on any atom is 0.321 e. The number of urea groups is 1. The lowest BCUT2D eigenvalue weighted by atomic mass is 10.1. The van der Waals surface area contributed by atoms with Crippen molar-refractivity contribution in [2.24, 2.45) is 0 Å². The minimum atomic E-state index is -0.0456. The second-order valence-electron chi connectivity index (χ2n) is 7.73. The van der Waals surface area contributed by atoms with Crippen LogP contribution in [0.3, 0.4) is 0 Å². The first-order valence-corrected chi connectivity index (χ1v) is 10.7. The van der Waals surface area contributed by atoms with E-state index in [1.807, 2.05) is 36.1 Å². The molecule has 1 aromatic carbocycles. The maximum atomic E-state index is 12.7. The number of aromatic nitrogens is 2. The smallest absolute Gasteiger partial charge is 0.321 e. The Balaban J connectivity index is 1.37. The van der Waals surface area contributed by atoms with Crippen LogP contribution >= 0.6 is 0 Å². The van der Waals surface area contributed by atoms with E-state index in [1.165, 1.54) is 5.56 Å². The monoisotopic (exact) mass is 410 g/mol. The fourth-order valence-electron chi connectivity index (χ4n) is 3.81. The van der Waals surface area contributed by atoms with Crippen molar-refractivity contribution in [1.29, 1.82) is 0 Å². The van der Waals surface area contributed by atoms with Crippen molar-refractivity contribution in [3.05, 3.63) is 41.6 Å². The van der Waals surface area contributed by atoms with E-state index >= 15 is 0 Å². The van der Waals surface area contributed by atoms with Gasteiger partial charge in [-0.15, -0.1) is 0 Å². The highest BCUT2D eigenvalue weighted by Gasteiger charge is 2.23. The topological polar surface area (TPSA) is 73.8 Å². The summed E-state index contributed by atoms with van der Waals surface area (Å²) >= 11 is 0. The van der Waals surface area contributed by atoms with Gasteiger partial charge in [0.1, 0.15) is 5.82 Å². The lowest BCUT2D eigenvalue weighted by molar-refractivity contribution is 0.122. The Morgan fingerprint density at radius 1 is 1.03 bits per heavy atom. The molecule has 2 saturated heterocycles.